The molecular formula is C26H35NO2. The van der Waals surface area contributed by atoms with E-state index in [2.05, 4.69) is 44.8 Å². The molecule has 0 radical (unpaired) electrons. The van der Waals surface area contributed by atoms with Crippen molar-refractivity contribution in [3.63, 3.8) is 0 Å². The number of aromatic nitrogens is 1. The van der Waals surface area contributed by atoms with Gasteiger partial charge in [0.05, 0.1) is 0 Å². The summed E-state index contributed by atoms with van der Waals surface area (Å²) < 4.78 is 0. The maximum Gasteiger partial charge on any atom is 0.130 e. The molecule has 2 aromatic rings. The summed E-state index contributed by atoms with van der Waals surface area (Å²) in [5.74, 6) is 0.354. The molecule has 0 spiro atoms. The quantitative estimate of drug-likeness (QED) is 0.333. The summed E-state index contributed by atoms with van der Waals surface area (Å²) >= 11 is 0. The maximum atomic E-state index is 11.1. The van der Waals surface area contributed by atoms with Crippen LogP contribution in [0.3, 0.4) is 0 Å². The molecule has 1 aromatic carbocycles. The van der Waals surface area contributed by atoms with E-state index in [0.717, 1.165) is 55.2 Å². The minimum absolute atomic E-state index is 0.176. The molecule has 0 unspecified atom stereocenters. The summed E-state index contributed by atoms with van der Waals surface area (Å²) in [6.07, 6.45) is 14.5. The van der Waals surface area contributed by atoms with E-state index in [9.17, 15) is 10.2 Å². The highest BCUT2D eigenvalue weighted by Gasteiger charge is 2.18. The van der Waals surface area contributed by atoms with Crippen LogP contribution in [0.4, 0.5) is 0 Å². The Kier molecular flexibility index (Phi) is 8.98. The number of unbranched alkanes of at least 4 members (excludes halogenated alkanes) is 2. The molecule has 0 aliphatic heterocycles. The minimum Gasteiger partial charge on any atom is -0.508 e. The third-order valence-corrected chi connectivity index (χ3v) is 5.21. The highest BCUT2D eigenvalue weighted by atomic mass is 16.3. The van der Waals surface area contributed by atoms with Crippen molar-refractivity contribution in [3.05, 3.63) is 65.0 Å². The average Bonchev–Trinajstić information content (AvgIpc) is 2.68. The lowest BCUT2D eigenvalue weighted by Gasteiger charge is -2.16. The monoisotopic (exact) mass is 393 g/mol. The average molecular weight is 394 g/mol. The molecule has 0 bridgehead atoms. The van der Waals surface area contributed by atoms with Gasteiger partial charge in [-0.15, -0.1) is 0 Å². The zero-order valence-corrected chi connectivity index (χ0v) is 18.3. The van der Waals surface area contributed by atoms with Crippen molar-refractivity contribution < 1.29 is 10.2 Å². The Morgan fingerprint density at radius 2 is 1.90 bits per heavy atom. The fourth-order valence-corrected chi connectivity index (χ4v) is 3.51. The molecule has 1 heterocycles. The first-order valence-corrected chi connectivity index (χ1v) is 10.7. The van der Waals surface area contributed by atoms with Gasteiger partial charge >= 0.3 is 0 Å². The largest absolute Gasteiger partial charge is 0.508 e. The Bertz CT molecular complexity index is 847. The molecule has 156 valence electrons. The van der Waals surface area contributed by atoms with Gasteiger partial charge < -0.3 is 10.2 Å². The fourth-order valence-electron chi connectivity index (χ4n) is 3.51. The van der Waals surface area contributed by atoms with Crippen LogP contribution in [0, 0.1) is 0 Å². The van der Waals surface area contributed by atoms with Crippen LogP contribution >= 0.6 is 0 Å². The second-order valence-electron chi connectivity index (χ2n) is 8.03. The lowest BCUT2D eigenvalue weighted by molar-refractivity contribution is 0.440. The van der Waals surface area contributed by atoms with Gasteiger partial charge in [-0.2, -0.15) is 0 Å². The van der Waals surface area contributed by atoms with Crippen LogP contribution in [0.1, 0.15) is 70.9 Å². The molecule has 0 aliphatic rings. The first-order valence-electron chi connectivity index (χ1n) is 10.7. The summed E-state index contributed by atoms with van der Waals surface area (Å²) in [6.45, 7) is 8.49. The van der Waals surface area contributed by atoms with Gasteiger partial charge in [0.1, 0.15) is 11.5 Å². The predicted molar refractivity (Wildman–Crippen MR) is 122 cm³/mol. The number of benzene rings is 1. The third kappa shape index (κ3) is 6.77. The van der Waals surface area contributed by atoms with Crippen molar-refractivity contribution in [2.45, 2.75) is 72.6 Å². The van der Waals surface area contributed by atoms with Gasteiger partial charge in [0.15, 0.2) is 0 Å². The van der Waals surface area contributed by atoms with Crippen molar-refractivity contribution in [3.8, 4) is 22.6 Å². The Balaban J connectivity index is 2.34. The summed E-state index contributed by atoms with van der Waals surface area (Å²) in [4.78, 5) is 4.22. The van der Waals surface area contributed by atoms with Crippen LogP contribution in [0.15, 0.2) is 53.9 Å². The van der Waals surface area contributed by atoms with Crippen LogP contribution in [0.2, 0.25) is 0 Å². The number of phenolic OH excluding ortho intramolecular Hbond substituents is 2. The summed E-state index contributed by atoms with van der Waals surface area (Å²) in [5.41, 5.74) is 5.85. The molecule has 0 fully saturated rings. The van der Waals surface area contributed by atoms with Crippen LogP contribution < -0.4 is 0 Å². The van der Waals surface area contributed by atoms with Gasteiger partial charge in [0.2, 0.25) is 0 Å². The molecule has 0 aliphatic carbocycles. The lowest BCUT2D eigenvalue weighted by Crippen LogP contribution is -1.97. The molecule has 29 heavy (non-hydrogen) atoms. The first-order chi connectivity index (χ1) is 13.9. The van der Waals surface area contributed by atoms with E-state index in [0.29, 0.717) is 12.0 Å². The third-order valence-electron chi connectivity index (χ3n) is 5.21. The van der Waals surface area contributed by atoms with E-state index in [-0.39, 0.29) is 11.5 Å². The van der Waals surface area contributed by atoms with E-state index < -0.39 is 0 Å². The van der Waals surface area contributed by atoms with E-state index in [1.165, 1.54) is 11.1 Å². The Labute approximate surface area is 175 Å². The number of nitrogens with zero attached hydrogens (tertiary/aromatic N) is 1. The number of phenols is 2. The maximum absolute atomic E-state index is 11.1. The zero-order chi connectivity index (χ0) is 21.2. The predicted octanol–water partition coefficient (Wildman–Crippen LogP) is 7.13. The topological polar surface area (TPSA) is 53.4 Å². The molecule has 3 heteroatoms. The number of allylic oxidation sites excluding steroid dienone is 4. The Morgan fingerprint density at radius 1 is 1.10 bits per heavy atom. The van der Waals surface area contributed by atoms with Crippen LogP contribution in [-0.4, -0.2) is 15.2 Å². The van der Waals surface area contributed by atoms with Gasteiger partial charge in [-0.05, 0) is 70.6 Å². The van der Waals surface area contributed by atoms with Crippen LogP contribution in [-0.2, 0) is 12.8 Å². The van der Waals surface area contributed by atoms with Crippen molar-refractivity contribution in [2.24, 2.45) is 0 Å². The fraction of sp³-hybridized carbons (Fsp3) is 0.423. The van der Waals surface area contributed by atoms with E-state index in [1.807, 2.05) is 18.2 Å². The van der Waals surface area contributed by atoms with Gasteiger partial charge in [0, 0.05) is 29.1 Å². The van der Waals surface area contributed by atoms with Gasteiger partial charge in [-0.25, -0.2) is 0 Å². The zero-order valence-electron chi connectivity index (χ0n) is 18.3. The van der Waals surface area contributed by atoms with E-state index >= 15 is 0 Å². The molecule has 1 aromatic heterocycles. The highest BCUT2D eigenvalue weighted by molar-refractivity contribution is 5.77. The lowest BCUT2D eigenvalue weighted by atomic mass is 9.91. The first kappa shape index (κ1) is 22.7. The number of pyridine rings is 1. The molecule has 0 amide bonds. The van der Waals surface area contributed by atoms with Crippen molar-refractivity contribution in [1.82, 2.24) is 4.98 Å². The molecule has 3 nitrogen and oxygen atoms in total. The van der Waals surface area contributed by atoms with Crippen molar-refractivity contribution in [1.29, 1.82) is 0 Å². The molecule has 0 saturated carbocycles. The second kappa shape index (κ2) is 11.5. The SMILES string of the molecule is CCCCCc1cc(O)c(C/C=C(\C)CCC=C(C)C)c(O)c1-c1cccnc1. The van der Waals surface area contributed by atoms with Crippen molar-refractivity contribution in [2.75, 3.05) is 0 Å². The van der Waals surface area contributed by atoms with E-state index in [4.69, 9.17) is 0 Å². The number of aromatic hydroxyl groups is 2. The summed E-state index contributed by atoms with van der Waals surface area (Å²) in [6, 6.07) is 5.68. The smallest absolute Gasteiger partial charge is 0.130 e. The molecule has 2 N–H and O–H groups in total. The normalized spacial score (nSPS) is 11.5. The van der Waals surface area contributed by atoms with Gasteiger partial charge in [-0.3, -0.25) is 4.98 Å². The Hall–Kier alpha value is -2.55. The number of hydrogen-bond donors (Lipinski definition) is 2. The Morgan fingerprint density at radius 3 is 2.55 bits per heavy atom. The van der Waals surface area contributed by atoms with Gasteiger partial charge in [-0.1, -0.05) is 49.1 Å². The standard InChI is InChI=1S/C26H35NO2/c1-5-6-7-12-21-17-24(28)23(15-14-20(4)11-8-10-19(2)3)26(29)25(21)22-13-9-16-27-18-22/h9-10,13-14,16-18,28-29H,5-8,11-12,15H2,1-4H3/b20-14+. The van der Waals surface area contributed by atoms with Crippen LogP contribution in [0.25, 0.3) is 11.1 Å². The molecule has 0 atom stereocenters. The molecule has 0 saturated heterocycles. The highest BCUT2D eigenvalue weighted by Crippen LogP contribution is 2.41. The van der Waals surface area contributed by atoms with Crippen molar-refractivity contribution >= 4 is 0 Å². The molecular weight excluding hydrogens is 358 g/mol. The summed E-state index contributed by atoms with van der Waals surface area (Å²) in [5, 5.41) is 21.7. The van der Waals surface area contributed by atoms with Crippen LogP contribution in [0.5, 0.6) is 11.5 Å². The number of hydrogen-bond acceptors (Lipinski definition) is 3. The van der Waals surface area contributed by atoms with E-state index in [1.54, 1.807) is 12.4 Å². The molecule has 2 rings (SSSR count). The minimum atomic E-state index is 0.176. The number of rotatable bonds is 10. The second-order valence-corrected chi connectivity index (χ2v) is 8.03. The van der Waals surface area contributed by atoms with Gasteiger partial charge in [0.25, 0.3) is 0 Å². The number of aryl methyl sites for hydroxylation is 1. The summed E-state index contributed by atoms with van der Waals surface area (Å²) in [7, 11) is 0.